The maximum absolute atomic E-state index is 12.1. The number of amidine groups is 1. The highest BCUT2D eigenvalue weighted by Crippen LogP contribution is 2.26. The van der Waals surface area contributed by atoms with Crippen LogP contribution in [0.3, 0.4) is 0 Å². The van der Waals surface area contributed by atoms with Gasteiger partial charge in [0.1, 0.15) is 4.90 Å². The molecule has 1 aliphatic heterocycles. The van der Waals surface area contributed by atoms with Gasteiger partial charge in [-0.15, -0.1) is 4.40 Å². The van der Waals surface area contributed by atoms with Crippen molar-refractivity contribution in [2.75, 3.05) is 11.9 Å². The van der Waals surface area contributed by atoms with Gasteiger partial charge in [-0.05, 0) is 42.8 Å². The van der Waals surface area contributed by atoms with Crippen molar-refractivity contribution in [3.63, 3.8) is 0 Å². The molecule has 1 aliphatic rings. The molecule has 0 saturated carbocycles. The molecule has 0 unspecified atom stereocenters. The summed E-state index contributed by atoms with van der Waals surface area (Å²) in [6.07, 6.45) is 4.44. The van der Waals surface area contributed by atoms with Gasteiger partial charge in [-0.2, -0.15) is 8.42 Å². The minimum atomic E-state index is -3.65. The lowest BCUT2D eigenvalue weighted by Crippen LogP contribution is -2.24. The van der Waals surface area contributed by atoms with E-state index in [0.29, 0.717) is 29.2 Å². The van der Waals surface area contributed by atoms with Gasteiger partial charge in [0, 0.05) is 23.4 Å². The summed E-state index contributed by atoms with van der Waals surface area (Å²) in [7, 11) is -3.65. The second kappa shape index (κ2) is 8.35. The van der Waals surface area contributed by atoms with Crippen LogP contribution in [-0.2, 0) is 10.0 Å². The van der Waals surface area contributed by atoms with Gasteiger partial charge in [0.25, 0.3) is 15.9 Å². The molecule has 1 amide bonds. The number of anilines is 1. The zero-order valence-corrected chi connectivity index (χ0v) is 16.1. The molecular formula is C20H23N3O3S. The predicted molar refractivity (Wildman–Crippen MR) is 107 cm³/mol. The van der Waals surface area contributed by atoms with Gasteiger partial charge in [-0.25, -0.2) is 0 Å². The number of nitrogens with zero attached hydrogens (tertiary/aromatic N) is 1. The van der Waals surface area contributed by atoms with Gasteiger partial charge >= 0.3 is 0 Å². The zero-order valence-electron chi connectivity index (χ0n) is 15.2. The Balaban J connectivity index is 1.63. The number of fused-ring (bicyclic) bond motifs is 1. The lowest BCUT2D eigenvalue weighted by atomic mass is 10.1. The van der Waals surface area contributed by atoms with Crippen LogP contribution in [0.25, 0.3) is 0 Å². The highest BCUT2D eigenvalue weighted by atomic mass is 32.2. The highest BCUT2D eigenvalue weighted by molar-refractivity contribution is 7.90. The SMILES string of the molecule is CCCCCCNC(=O)c1ccc(NC2=NS(=O)(=O)c3ccccc32)cc1. The van der Waals surface area contributed by atoms with E-state index in [1.807, 2.05) is 0 Å². The second-order valence-corrected chi connectivity index (χ2v) is 8.00. The Morgan fingerprint density at radius 2 is 1.74 bits per heavy atom. The summed E-state index contributed by atoms with van der Waals surface area (Å²) in [6.45, 7) is 2.82. The molecule has 2 N–H and O–H groups in total. The van der Waals surface area contributed by atoms with Crippen LogP contribution in [0.5, 0.6) is 0 Å². The van der Waals surface area contributed by atoms with Crippen molar-refractivity contribution in [3.05, 3.63) is 59.7 Å². The van der Waals surface area contributed by atoms with Crippen molar-refractivity contribution >= 4 is 27.5 Å². The van der Waals surface area contributed by atoms with E-state index in [9.17, 15) is 13.2 Å². The average molecular weight is 385 g/mol. The molecule has 27 heavy (non-hydrogen) atoms. The monoisotopic (exact) mass is 385 g/mol. The van der Waals surface area contributed by atoms with Crippen molar-refractivity contribution < 1.29 is 13.2 Å². The zero-order chi connectivity index (χ0) is 19.3. The molecule has 142 valence electrons. The van der Waals surface area contributed by atoms with Crippen molar-refractivity contribution in [1.82, 2.24) is 5.32 Å². The van der Waals surface area contributed by atoms with Crippen molar-refractivity contribution in [1.29, 1.82) is 0 Å². The van der Waals surface area contributed by atoms with Crippen LogP contribution >= 0.6 is 0 Å². The van der Waals surface area contributed by atoms with Crippen LogP contribution in [0.15, 0.2) is 57.8 Å². The molecule has 3 rings (SSSR count). The Morgan fingerprint density at radius 1 is 1.00 bits per heavy atom. The van der Waals surface area contributed by atoms with E-state index in [1.54, 1.807) is 42.5 Å². The average Bonchev–Trinajstić information content (AvgIpc) is 2.92. The van der Waals surface area contributed by atoms with Gasteiger partial charge in [0.2, 0.25) is 0 Å². The summed E-state index contributed by atoms with van der Waals surface area (Å²) in [5.41, 5.74) is 1.78. The summed E-state index contributed by atoms with van der Waals surface area (Å²) in [6, 6.07) is 13.6. The fourth-order valence-electron chi connectivity index (χ4n) is 2.89. The molecule has 0 fully saturated rings. The van der Waals surface area contributed by atoms with Gasteiger partial charge in [0.05, 0.1) is 0 Å². The number of carbonyl (C=O) groups excluding carboxylic acids is 1. The van der Waals surface area contributed by atoms with Crippen molar-refractivity contribution in [2.45, 2.75) is 37.5 Å². The van der Waals surface area contributed by atoms with Crippen LogP contribution in [0.2, 0.25) is 0 Å². The van der Waals surface area contributed by atoms with Gasteiger partial charge in [0.15, 0.2) is 5.84 Å². The third kappa shape index (κ3) is 4.54. The fourth-order valence-corrected chi connectivity index (χ4v) is 4.07. The Morgan fingerprint density at radius 3 is 2.48 bits per heavy atom. The molecule has 7 heteroatoms. The maximum Gasteiger partial charge on any atom is 0.285 e. The van der Waals surface area contributed by atoms with Crippen LogP contribution in [0.4, 0.5) is 5.69 Å². The molecule has 0 atom stereocenters. The molecule has 6 nitrogen and oxygen atoms in total. The smallest absolute Gasteiger partial charge is 0.285 e. The van der Waals surface area contributed by atoms with Gasteiger partial charge < -0.3 is 10.6 Å². The summed E-state index contributed by atoms with van der Waals surface area (Å²) >= 11 is 0. The normalized spacial score (nSPS) is 14.3. The van der Waals surface area contributed by atoms with Crippen LogP contribution in [-0.4, -0.2) is 26.7 Å². The maximum atomic E-state index is 12.1. The first-order valence-corrected chi connectivity index (χ1v) is 10.5. The molecule has 0 radical (unpaired) electrons. The van der Waals surface area contributed by atoms with Gasteiger partial charge in [-0.1, -0.05) is 38.3 Å². The van der Waals surface area contributed by atoms with Crippen LogP contribution in [0, 0.1) is 0 Å². The molecule has 0 bridgehead atoms. The summed E-state index contributed by atoms with van der Waals surface area (Å²) in [5, 5.41) is 5.94. The topological polar surface area (TPSA) is 87.6 Å². The number of nitrogens with one attached hydrogen (secondary N) is 2. The van der Waals surface area contributed by atoms with E-state index in [1.165, 1.54) is 18.9 Å². The molecule has 2 aromatic rings. The minimum Gasteiger partial charge on any atom is -0.352 e. The van der Waals surface area contributed by atoms with Crippen molar-refractivity contribution in [2.24, 2.45) is 4.40 Å². The number of rotatable bonds is 7. The molecule has 2 aromatic carbocycles. The van der Waals surface area contributed by atoms with E-state index in [-0.39, 0.29) is 10.8 Å². The first-order chi connectivity index (χ1) is 13.0. The first kappa shape index (κ1) is 19.1. The molecule has 1 heterocycles. The third-order valence-corrected chi connectivity index (χ3v) is 5.69. The van der Waals surface area contributed by atoms with E-state index in [2.05, 4.69) is 22.0 Å². The third-order valence-electron chi connectivity index (χ3n) is 4.36. The largest absolute Gasteiger partial charge is 0.352 e. The van der Waals surface area contributed by atoms with E-state index >= 15 is 0 Å². The molecule has 0 spiro atoms. The van der Waals surface area contributed by atoms with E-state index in [4.69, 9.17) is 0 Å². The molecule has 0 aromatic heterocycles. The molecule has 0 saturated heterocycles. The lowest BCUT2D eigenvalue weighted by Gasteiger charge is -2.08. The van der Waals surface area contributed by atoms with E-state index in [0.717, 1.165) is 12.8 Å². The number of carbonyl (C=O) groups is 1. The molecule has 0 aliphatic carbocycles. The van der Waals surface area contributed by atoms with Crippen LogP contribution in [0.1, 0.15) is 48.5 Å². The highest BCUT2D eigenvalue weighted by Gasteiger charge is 2.28. The quantitative estimate of drug-likeness (QED) is 0.714. The Hall–Kier alpha value is -2.67. The Labute approximate surface area is 159 Å². The number of unbranched alkanes of at least 4 members (excludes halogenated alkanes) is 3. The standard InChI is InChI=1S/C20H23N3O3S/c1-2-3-4-7-14-21-20(24)15-10-12-16(13-11-15)22-19-17-8-5-6-9-18(17)27(25,26)23-19/h5-6,8-13H,2-4,7,14H2,1H3,(H,21,24)(H,22,23). The summed E-state index contributed by atoms with van der Waals surface area (Å²) in [5.74, 6) is 0.183. The number of sulfonamides is 1. The van der Waals surface area contributed by atoms with Crippen molar-refractivity contribution in [3.8, 4) is 0 Å². The predicted octanol–water partition coefficient (Wildman–Crippen LogP) is 3.56. The van der Waals surface area contributed by atoms with Gasteiger partial charge in [-0.3, -0.25) is 4.79 Å². The Bertz CT molecular complexity index is 951. The first-order valence-electron chi connectivity index (χ1n) is 9.11. The number of benzene rings is 2. The minimum absolute atomic E-state index is 0.107. The number of hydrogen-bond acceptors (Lipinski definition) is 4. The summed E-state index contributed by atoms with van der Waals surface area (Å²) < 4.78 is 28.0. The second-order valence-electron chi connectivity index (χ2n) is 6.43. The fraction of sp³-hybridized carbons (Fsp3) is 0.300. The van der Waals surface area contributed by atoms with Crippen LogP contribution < -0.4 is 10.6 Å². The van der Waals surface area contributed by atoms with E-state index < -0.39 is 10.0 Å². The number of hydrogen-bond donors (Lipinski definition) is 2. The Kier molecular flexibility index (Phi) is 5.91. The number of amides is 1. The lowest BCUT2D eigenvalue weighted by molar-refractivity contribution is 0.0953. The molecular weight excluding hydrogens is 362 g/mol. The summed E-state index contributed by atoms with van der Waals surface area (Å²) in [4.78, 5) is 12.3.